The number of hydrogen-bond donors (Lipinski definition) is 1. The lowest BCUT2D eigenvalue weighted by Gasteiger charge is -2.42. The summed E-state index contributed by atoms with van der Waals surface area (Å²) in [6.07, 6.45) is 3.48. The number of carbonyl (C=O) groups excluding carboxylic acids is 1. The van der Waals surface area contributed by atoms with Crippen LogP contribution in [0, 0.1) is 0 Å². The van der Waals surface area contributed by atoms with Crippen molar-refractivity contribution >= 4 is 60.6 Å². The van der Waals surface area contributed by atoms with Gasteiger partial charge < -0.3 is 14.4 Å². The number of nitrogens with one attached hydrogen (secondary N) is 1. The number of nitrogens with zero attached hydrogens (tertiary/aromatic N) is 4. The molecule has 8 nitrogen and oxygen atoms in total. The predicted octanol–water partition coefficient (Wildman–Crippen LogP) is 5.10. The number of piperazine rings is 1. The number of amides is 1. The Labute approximate surface area is 220 Å². The van der Waals surface area contributed by atoms with Crippen molar-refractivity contribution in [3.05, 3.63) is 71.3 Å². The van der Waals surface area contributed by atoms with E-state index < -0.39 is 10.0 Å². The Bertz CT molecular complexity index is 1490. The third-order valence-corrected chi connectivity index (χ3v) is 8.94. The van der Waals surface area contributed by atoms with Gasteiger partial charge in [0.25, 0.3) is 10.0 Å². The first-order chi connectivity index (χ1) is 17.2. The van der Waals surface area contributed by atoms with Crippen LogP contribution < -0.4 is 9.62 Å². The predicted molar refractivity (Wildman–Crippen MR) is 147 cm³/mol. The Kier molecular flexibility index (Phi) is 6.67. The van der Waals surface area contributed by atoms with E-state index in [0.29, 0.717) is 29.8 Å². The molecule has 5 rings (SSSR count). The van der Waals surface area contributed by atoms with Gasteiger partial charge in [-0.1, -0.05) is 11.6 Å². The number of benzene rings is 2. The highest BCUT2D eigenvalue weighted by Gasteiger charge is 2.31. The van der Waals surface area contributed by atoms with Crippen molar-refractivity contribution in [2.45, 2.75) is 30.8 Å². The molecule has 0 radical (unpaired) electrons. The quantitative estimate of drug-likeness (QED) is 0.364. The molecule has 0 aliphatic carbocycles. The minimum atomic E-state index is -3.69. The molecule has 4 aromatic rings. The highest BCUT2D eigenvalue weighted by Crippen LogP contribution is 2.27. The molecule has 1 N–H and O–H groups in total. The summed E-state index contributed by atoms with van der Waals surface area (Å²) in [4.78, 5) is 21.7. The van der Waals surface area contributed by atoms with Crippen LogP contribution in [-0.4, -0.2) is 54.5 Å². The van der Waals surface area contributed by atoms with Gasteiger partial charge >= 0.3 is 0 Å². The standard InChI is InChI=1S/C25H26ClN5O3S2.H2/c1-17-16-29(21-4-6-22(7-5-21)36(33,34)28-25-27-10-14-35-25)12-13-30(17)24(32)18(2)31-11-9-19-15-20(26)3-8-23(19)31;/h3-11,14-15,17-18H,12-13,16H2,1-2H3,(H,27,28);1H. The number of carbonyl (C=O) groups is 1. The zero-order chi connectivity index (χ0) is 25.4. The van der Waals surface area contributed by atoms with Gasteiger partial charge in [-0.25, -0.2) is 13.4 Å². The summed E-state index contributed by atoms with van der Waals surface area (Å²) in [5.74, 6) is 0.0734. The molecular formula is C25H28ClN5O3S2. The summed E-state index contributed by atoms with van der Waals surface area (Å²) in [6, 6.07) is 14.1. The fourth-order valence-electron chi connectivity index (χ4n) is 4.63. The number of sulfonamides is 1. The SMILES string of the molecule is CC1CN(c2ccc(S(=O)(=O)Nc3nccs3)cc2)CCN1C(=O)C(C)n1ccc2cc(Cl)ccc21.[HH]. The smallest absolute Gasteiger partial charge is 0.263 e. The number of anilines is 2. The lowest BCUT2D eigenvalue weighted by Crippen LogP contribution is -2.55. The highest BCUT2D eigenvalue weighted by atomic mass is 35.5. The number of halogens is 1. The molecule has 1 aliphatic rings. The number of hydrogen-bond acceptors (Lipinski definition) is 6. The molecule has 2 atom stereocenters. The second kappa shape index (κ2) is 9.76. The van der Waals surface area contributed by atoms with Crippen molar-refractivity contribution in [1.29, 1.82) is 0 Å². The van der Waals surface area contributed by atoms with E-state index in [4.69, 9.17) is 11.6 Å². The zero-order valence-electron chi connectivity index (χ0n) is 19.8. The maximum absolute atomic E-state index is 13.4. The third-order valence-electron chi connectivity index (χ3n) is 6.53. The molecule has 1 amide bonds. The number of rotatable bonds is 6. The molecule has 190 valence electrons. The van der Waals surface area contributed by atoms with Crippen molar-refractivity contribution < 1.29 is 14.6 Å². The van der Waals surface area contributed by atoms with Crippen LogP contribution in [-0.2, 0) is 14.8 Å². The van der Waals surface area contributed by atoms with Gasteiger partial charge in [-0.2, -0.15) is 0 Å². The Morgan fingerprint density at radius 1 is 1.19 bits per heavy atom. The average Bonchev–Trinajstić information content (AvgIpc) is 3.52. The monoisotopic (exact) mass is 545 g/mol. The summed E-state index contributed by atoms with van der Waals surface area (Å²) < 4.78 is 29.7. The second-order valence-corrected chi connectivity index (χ2v) is 11.9. The van der Waals surface area contributed by atoms with Crippen LogP contribution in [0.25, 0.3) is 10.9 Å². The largest absolute Gasteiger partial charge is 0.368 e. The molecule has 11 heteroatoms. The van der Waals surface area contributed by atoms with E-state index in [-0.39, 0.29) is 24.3 Å². The van der Waals surface area contributed by atoms with Crippen molar-refractivity contribution in [3.63, 3.8) is 0 Å². The Balaban J connectivity index is 0.00000320. The van der Waals surface area contributed by atoms with Crippen LogP contribution in [0.15, 0.2) is 71.2 Å². The Morgan fingerprint density at radius 3 is 2.67 bits per heavy atom. The van der Waals surface area contributed by atoms with Gasteiger partial charge in [0.2, 0.25) is 5.91 Å². The third kappa shape index (κ3) is 4.80. The molecule has 36 heavy (non-hydrogen) atoms. The van der Waals surface area contributed by atoms with Crippen LogP contribution in [0.3, 0.4) is 0 Å². The summed E-state index contributed by atoms with van der Waals surface area (Å²) >= 11 is 7.34. The van der Waals surface area contributed by atoms with E-state index in [2.05, 4.69) is 14.6 Å². The fraction of sp³-hybridized carbons (Fsp3) is 0.280. The number of thiazole rings is 1. The van der Waals surface area contributed by atoms with E-state index in [1.807, 2.05) is 53.8 Å². The highest BCUT2D eigenvalue weighted by molar-refractivity contribution is 7.93. The minimum absolute atomic E-state index is 0. The van der Waals surface area contributed by atoms with E-state index in [1.54, 1.807) is 35.8 Å². The molecule has 2 unspecified atom stereocenters. The van der Waals surface area contributed by atoms with E-state index in [9.17, 15) is 13.2 Å². The van der Waals surface area contributed by atoms with Gasteiger partial charge in [0.05, 0.1) is 4.90 Å². The van der Waals surface area contributed by atoms with Crippen LogP contribution in [0.5, 0.6) is 0 Å². The van der Waals surface area contributed by atoms with Gasteiger partial charge in [-0.05, 0) is 62.4 Å². The number of fused-ring (bicyclic) bond motifs is 1. The molecule has 2 aromatic carbocycles. The maximum Gasteiger partial charge on any atom is 0.263 e. The zero-order valence-corrected chi connectivity index (χ0v) is 22.2. The van der Waals surface area contributed by atoms with Crippen molar-refractivity contribution in [3.8, 4) is 0 Å². The topological polar surface area (TPSA) is 87.5 Å². The fourth-order valence-corrected chi connectivity index (χ4v) is 6.60. The van der Waals surface area contributed by atoms with Crippen LogP contribution >= 0.6 is 22.9 Å². The molecule has 3 heterocycles. The lowest BCUT2D eigenvalue weighted by atomic mass is 10.1. The van der Waals surface area contributed by atoms with Gasteiger partial charge in [-0.15, -0.1) is 11.3 Å². The van der Waals surface area contributed by atoms with Gasteiger partial charge in [0.15, 0.2) is 5.13 Å². The molecule has 1 aliphatic heterocycles. The maximum atomic E-state index is 13.4. The van der Waals surface area contributed by atoms with Crippen molar-refractivity contribution in [2.24, 2.45) is 0 Å². The molecule has 1 saturated heterocycles. The summed E-state index contributed by atoms with van der Waals surface area (Å²) in [6.45, 7) is 5.87. The Hall–Kier alpha value is -3.08. The van der Waals surface area contributed by atoms with Gasteiger partial charge in [0.1, 0.15) is 6.04 Å². The first-order valence-corrected chi connectivity index (χ1v) is 14.3. The normalized spacial score (nSPS) is 17.4. The van der Waals surface area contributed by atoms with Crippen molar-refractivity contribution in [1.82, 2.24) is 14.5 Å². The molecule has 2 aromatic heterocycles. The second-order valence-electron chi connectivity index (χ2n) is 8.87. The summed E-state index contributed by atoms with van der Waals surface area (Å²) in [5, 5.41) is 3.72. The van der Waals surface area contributed by atoms with Crippen LogP contribution in [0.2, 0.25) is 5.02 Å². The van der Waals surface area contributed by atoms with Crippen LogP contribution in [0.4, 0.5) is 10.8 Å². The van der Waals surface area contributed by atoms with Crippen molar-refractivity contribution in [2.75, 3.05) is 29.3 Å². The summed E-state index contributed by atoms with van der Waals surface area (Å²) in [7, 11) is -3.69. The van der Waals surface area contributed by atoms with E-state index >= 15 is 0 Å². The molecule has 1 fully saturated rings. The Morgan fingerprint density at radius 2 is 1.97 bits per heavy atom. The van der Waals surface area contributed by atoms with E-state index in [1.165, 1.54) is 11.3 Å². The van der Waals surface area contributed by atoms with Gasteiger partial charge in [0, 0.05) is 66.5 Å². The lowest BCUT2D eigenvalue weighted by molar-refractivity contribution is -0.136. The first kappa shape index (κ1) is 24.6. The first-order valence-electron chi connectivity index (χ1n) is 11.6. The number of aromatic nitrogens is 2. The summed E-state index contributed by atoms with van der Waals surface area (Å²) in [5.41, 5.74) is 1.90. The average molecular weight is 546 g/mol. The van der Waals surface area contributed by atoms with Crippen LogP contribution in [0.1, 0.15) is 21.3 Å². The van der Waals surface area contributed by atoms with E-state index in [0.717, 1.165) is 16.6 Å². The molecule has 0 bridgehead atoms. The van der Waals surface area contributed by atoms with Gasteiger partial charge in [-0.3, -0.25) is 9.52 Å². The minimum Gasteiger partial charge on any atom is -0.368 e. The molecular weight excluding hydrogens is 518 g/mol. The molecule has 0 spiro atoms. The molecule has 0 saturated carbocycles.